The van der Waals surface area contributed by atoms with Gasteiger partial charge in [-0.25, -0.2) is 0 Å². The molecule has 2 heteroatoms. The van der Waals surface area contributed by atoms with E-state index in [9.17, 15) is 0 Å². The molecule has 1 aliphatic carbocycles. The lowest BCUT2D eigenvalue weighted by Gasteiger charge is -2.11. The van der Waals surface area contributed by atoms with E-state index in [1.54, 1.807) is 13.2 Å². The number of hydrogen-bond donors (Lipinski definition) is 0. The smallest absolute Gasteiger partial charge is 0.119 e. The second-order valence-electron chi connectivity index (χ2n) is 3.23. The van der Waals surface area contributed by atoms with Crippen LogP contribution in [0.15, 0.2) is 24.3 Å². The van der Waals surface area contributed by atoms with E-state index in [2.05, 4.69) is 24.3 Å². The van der Waals surface area contributed by atoms with Gasteiger partial charge in [-0.1, -0.05) is 18.2 Å². The van der Waals surface area contributed by atoms with Gasteiger partial charge < -0.3 is 4.74 Å². The van der Waals surface area contributed by atoms with Crippen molar-refractivity contribution in [1.29, 1.82) is 5.26 Å². The first-order valence-corrected chi connectivity index (χ1v) is 4.96. The second kappa shape index (κ2) is 5.87. The number of methoxy groups -OCH3 is 1. The topological polar surface area (TPSA) is 33.0 Å². The molecule has 0 unspecified atom stereocenters. The molecule has 0 atom stereocenters. The lowest BCUT2D eigenvalue weighted by Crippen LogP contribution is -1.94. The average molecular weight is 201 g/mol. The molecule has 0 saturated carbocycles. The highest BCUT2D eigenvalue weighted by molar-refractivity contribution is 5.57. The van der Waals surface area contributed by atoms with Gasteiger partial charge in [-0.05, 0) is 36.1 Å². The quantitative estimate of drug-likeness (QED) is 0.699. The van der Waals surface area contributed by atoms with Crippen LogP contribution in [-0.2, 0) is 6.42 Å². The van der Waals surface area contributed by atoms with Crippen molar-refractivity contribution in [2.24, 2.45) is 0 Å². The van der Waals surface area contributed by atoms with Crippen molar-refractivity contribution in [3.63, 3.8) is 0 Å². The van der Waals surface area contributed by atoms with Crippen molar-refractivity contribution in [3.8, 4) is 11.8 Å². The maximum absolute atomic E-state index is 7.32. The Bertz CT molecular complexity index is 388. The summed E-state index contributed by atoms with van der Waals surface area (Å²) in [5.41, 5.74) is 2.74. The Morgan fingerprint density at radius 1 is 1.40 bits per heavy atom. The molecule has 0 bridgehead atoms. The number of nitrogens with zero attached hydrogens (tertiary/aromatic N) is 1. The fraction of sp³-hybridized carbons (Fsp3) is 0.308. The van der Waals surface area contributed by atoms with Gasteiger partial charge in [0, 0.05) is 6.92 Å². The molecular weight excluding hydrogens is 186 g/mol. The summed E-state index contributed by atoms with van der Waals surface area (Å²) in [6, 6.07) is 8.00. The Labute approximate surface area is 90.8 Å². The number of nitriles is 1. The van der Waals surface area contributed by atoms with Crippen molar-refractivity contribution in [2.75, 3.05) is 7.11 Å². The third kappa shape index (κ3) is 3.14. The third-order valence-corrected chi connectivity index (χ3v) is 2.23. The minimum Gasteiger partial charge on any atom is -0.497 e. The standard InChI is InChI=1S/C11H12O.C2H3N/c1-12-11-7-6-9-4-2-3-5-10(9)8-11;1-2-3/h2,4,6-8H,3,5H2,1H3;1H3. The van der Waals surface area contributed by atoms with Gasteiger partial charge in [-0.15, -0.1) is 0 Å². The summed E-state index contributed by atoms with van der Waals surface area (Å²) >= 11 is 0. The first kappa shape index (κ1) is 11.3. The Kier molecular flexibility index (Phi) is 4.43. The highest BCUT2D eigenvalue weighted by Gasteiger charge is 2.04. The van der Waals surface area contributed by atoms with Crippen molar-refractivity contribution < 1.29 is 4.74 Å². The first-order valence-electron chi connectivity index (χ1n) is 4.96. The Morgan fingerprint density at radius 3 is 2.80 bits per heavy atom. The molecule has 0 heterocycles. The molecule has 0 fully saturated rings. The summed E-state index contributed by atoms with van der Waals surface area (Å²) in [4.78, 5) is 0. The van der Waals surface area contributed by atoms with Crippen LogP contribution in [0, 0.1) is 11.3 Å². The van der Waals surface area contributed by atoms with Crippen molar-refractivity contribution >= 4 is 6.08 Å². The molecular formula is C13H15NO. The van der Waals surface area contributed by atoms with E-state index in [-0.39, 0.29) is 0 Å². The van der Waals surface area contributed by atoms with E-state index in [0.717, 1.165) is 18.6 Å². The number of allylic oxidation sites excluding steroid dienone is 1. The number of benzene rings is 1. The molecule has 0 amide bonds. The van der Waals surface area contributed by atoms with E-state index in [1.807, 2.05) is 6.07 Å². The largest absolute Gasteiger partial charge is 0.497 e. The van der Waals surface area contributed by atoms with Crippen molar-refractivity contribution in [3.05, 3.63) is 35.4 Å². The van der Waals surface area contributed by atoms with Gasteiger partial charge >= 0.3 is 0 Å². The zero-order valence-corrected chi connectivity index (χ0v) is 9.16. The van der Waals surface area contributed by atoms with Gasteiger partial charge in [-0.2, -0.15) is 5.26 Å². The fourth-order valence-corrected chi connectivity index (χ4v) is 1.54. The summed E-state index contributed by atoms with van der Waals surface area (Å²) in [7, 11) is 1.71. The maximum atomic E-state index is 7.32. The van der Waals surface area contributed by atoms with E-state index in [0.29, 0.717) is 0 Å². The summed E-state index contributed by atoms with van der Waals surface area (Å²) < 4.78 is 5.16. The van der Waals surface area contributed by atoms with Gasteiger partial charge in [-0.3, -0.25) is 0 Å². The van der Waals surface area contributed by atoms with Gasteiger partial charge in [0.15, 0.2) is 0 Å². The van der Waals surface area contributed by atoms with Crippen LogP contribution >= 0.6 is 0 Å². The molecule has 0 spiro atoms. The SMILES string of the molecule is CC#N.COc1ccc2c(c1)CCC=C2. The normalized spacial score (nSPS) is 11.8. The lowest BCUT2D eigenvalue weighted by molar-refractivity contribution is 0.414. The summed E-state index contributed by atoms with van der Waals surface area (Å²) in [5.74, 6) is 0.962. The van der Waals surface area contributed by atoms with Gasteiger partial charge in [0.1, 0.15) is 5.75 Å². The van der Waals surface area contributed by atoms with Crippen LogP contribution < -0.4 is 4.74 Å². The second-order valence-corrected chi connectivity index (χ2v) is 3.23. The molecule has 15 heavy (non-hydrogen) atoms. The van der Waals surface area contributed by atoms with Gasteiger partial charge in [0.05, 0.1) is 13.2 Å². The van der Waals surface area contributed by atoms with Crippen LogP contribution in [0.5, 0.6) is 5.75 Å². The average Bonchev–Trinajstić information content (AvgIpc) is 2.29. The summed E-state index contributed by atoms with van der Waals surface area (Å²) in [5, 5.41) is 7.32. The Balaban J connectivity index is 0.000000337. The molecule has 1 aromatic carbocycles. The molecule has 78 valence electrons. The highest BCUT2D eigenvalue weighted by atomic mass is 16.5. The first-order chi connectivity index (χ1) is 7.31. The third-order valence-electron chi connectivity index (χ3n) is 2.23. The van der Waals surface area contributed by atoms with E-state index in [4.69, 9.17) is 10.00 Å². The molecule has 0 radical (unpaired) electrons. The minimum absolute atomic E-state index is 0.962. The molecule has 0 aliphatic heterocycles. The van der Waals surface area contributed by atoms with Gasteiger partial charge in [0.2, 0.25) is 0 Å². The molecule has 0 aromatic heterocycles. The molecule has 1 aliphatic rings. The maximum Gasteiger partial charge on any atom is 0.119 e. The molecule has 2 nitrogen and oxygen atoms in total. The fourth-order valence-electron chi connectivity index (χ4n) is 1.54. The summed E-state index contributed by atoms with van der Waals surface area (Å²) in [6.07, 6.45) is 6.69. The van der Waals surface area contributed by atoms with Crippen LogP contribution in [-0.4, -0.2) is 7.11 Å². The molecule has 1 aromatic rings. The molecule has 0 N–H and O–H groups in total. The predicted molar refractivity (Wildman–Crippen MR) is 61.6 cm³/mol. The van der Waals surface area contributed by atoms with Crippen LogP contribution in [0.2, 0.25) is 0 Å². The predicted octanol–water partition coefficient (Wildman–Crippen LogP) is 3.18. The number of ether oxygens (including phenoxy) is 1. The number of rotatable bonds is 1. The number of hydrogen-bond acceptors (Lipinski definition) is 2. The highest BCUT2D eigenvalue weighted by Crippen LogP contribution is 2.23. The van der Waals surface area contributed by atoms with Crippen molar-refractivity contribution in [2.45, 2.75) is 19.8 Å². The van der Waals surface area contributed by atoms with E-state index < -0.39 is 0 Å². The summed E-state index contributed by atoms with van der Waals surface area (Å²) in [6.45, 7) is 1.43. The zero-order valence-electron chi connectivity index (χ0n) is 9.16. The van der Waals surface area contributed by atoms with E-state index in [1.165, 1.54) is 18.1 Å². The van der Waals surface area contributed by atoms with Crippen molar-refractivity contribution in [1.82, 2.24) is 0 Å². The van der Waals surface area contributed by atoms with Gasteiger partial charge in [0.25, 0.3) is 0 Å². The van der Waals surface area contributed by atoms with Crippen LogP contribution in [0.1, 0.15) is 24.5 Å². The minimum atomic E-state index is 0.962. The van der Waals surface area contributed by atoms with E-state index >= 15 is 0 Å². The monoisotopic (exact) mass is 201 g/mol. The van der Waals surface area contributed by atoms with Crippen LogP contribution in [0.3, 0.4) is 0 Å². The number of aryl methyl sites for hydroxylation is 1. The Morgan fingerprint density at radius 2 is 2.13 bits per heavy atom. The lowest BCUT2D eigenvalue weighted by atomic mass is 9.97. The van der Waals surface area contributed by atoms with Crippen LogP contribution in [0.25, 0.3) is 6.08 Å². The van der Waals surface area contributed by atoms with Crippen LogP contribution in [0.4, 0.5) is 0 Å². The molecule has 2 rings (SSSR count). The zero-order chi connectivity index (χ0) is 11.1. The molecule has 0 saturated heterocycles. The number of fused-ring (bicyclic) bond motifs is 1. The Hall–Kier alpha value is -1.75.